The number of carbonyl (C=O) groups is 1. The van der Waals surface area contributed by atoms with Crippen molar-refractivity contribution in [3.05, 3.63) is 0 Å². The van der Waals surface area contributed by atoms with E-state index >= 15 is 0 Å². The highest BCUT2D eigenvalue weighted by Gasteiger charge is 2.47. The zero-order valence-electron chi connectivity index (χ0n) is 13.3. The Balaban J connectivity index is 2.04. The molecule has 0 aromatic heterocycles. The monoisotopic (exact) mass is 385 g/mol. The average molecular weight is 385 g/mol. The number of hydrogen-bond donors (Lipinski definition) is 2. The maximum atomic E-state index is 13.1. The molecule has 0 radical (unpaired) electrons. The molecule has 0 saturated heterocycles. The van der Waals surface area contributed by atoms with Crippen LogP contribution in [0, 0.1) is 17.2 Å². The Morgan fingerprint density at radius 3 is 2.36 bits per heavy atom. The number of rotatable bonds is 10. The minimum Gasteiger partial charge on any atom is -0.336 e. The van der Waals surface area contributed by atoms with Gasteiger partial charge in [-0.05, 0) is 31.6 Å². The summed E-state index contributed by atoms with van der Waals surface area (Å²) >= 11 is 0. The van der Waals surface area contributed by atoms with Crippen LogP contribution in [0.3, 0.4) is 0 Å². The predicted octanol–water partition coefficient (Wildman–Crippen LogP) is 0.842. The number of halogens is 4. The Labute approximate surface area is 142 Å². The predicted molar refractivity (Wildman–Crippen MR) is 79.8 cm³/mol. The molecule has 2 N–H and O–H groups in total. The fourth-order valence-electron chi connectivity index (χ4n) is 2.24. The molecule has 0 aromatic rings. The van der Waals surface area contributed by atoms with Crippen molar-refractivity contribution < 1.29 is 30.8 Å². The SMILES string of the molecule is N#CC1(NC(=O)[C@H](CS(=O)(=O)CC2CC2)NCC(F)(F)C(F)F)CC1. The van der Waals surface area contributed by atoms with E-state index < -0.39 is 52.0 Å². The third-order valence-corrected chi connectivity index (χ3v) is 5.97. The van der Waals surface area contributed by atoms with Crippen molar-refractivity contribution in [3.63, 3.8) is 0 Å². The van der Waals surface area contributed by atoms with Crippen molar-refractivity contribution in [2.75, 3.05) is 18.1 Å². The number of nitrogens with zero attached hydrogens (tertiary/aromatic N) is 1. The van der Waals surface area contributed by atoms with E-state index in [1.165, 1.54) is 0 Å². The van der Waals surface area contributed by atoms with Crippen LogP contribution in [0.4, 0.5) is 17.6 Å². The highest BCUT2D eigenvalue weighted by atomic mass is 32.2. The standard InChI is InChI=1S/C14H19F4N3O3S/c15-12(16)14(17,18)8-20-10(6-25(23,24)5-9-1-2-9)11(22)21-13(7-19)3-4-13/h9-10,12,20H,1-6,8H2,(H,21,22)/t10-/m0/s1. The summed E-state index contributed by atoms with van der Waals surface area (Å²) in [6.07, 6.45) is -1.73. The molecule has 0 aliphatic heterocycles. The first-order chi connectivity index (χ1) is 11.5. The van der Waals surface area contributed by atoms with E-state index in [0.717, 1.165) is 12.8 Å². The smallest absolute Gasteiger partial charge is 0.319 e. The second-order valence-corrected chi connectivity index (χ2v) is 8.85. The Bertz CT molecular complexity index is 655. The maximum Gasteiger partial charge on any atom is 0.319 e. The molecule has 1 atom stereocenters. The fraction of sp³-hybridized carbons (Fsp3) is 0.857. The second-order valence-electron chi connectivity index (χ2n) is 6.70. The Morgan fingerprint density at radius 1 is 1.32 bits per heavy atom. The maximum absolute atomic E-state index is 13.1. The normalized spacial score (nSPS) is 20.8. The van der Waals surface area contributed by atoms with Crippen molar-refractivity contribution in [2.45, 2.75) is 49.6 Å². The molecule has 25 heavy (non-hydrogen) atoms. The number of sulfone groups is 1. The van der Waals surface area contributed by atoms with Crippen LogP contribution in [0.5, 0.6) is 0 Å². The Hall–Kier alpha value is -1.41. The van der Waals surface area contributed by atoms with Crippen molar-refractivity contribution in [1.29, 1.82) is 5.26 Å². The van der Waals surface area contributed by atoms with Crippen LogP contribution < -0.4 is 10.6 Å². The van der Waals surface area contributed by atoms with Gasteiger partial charge < -0.3 is 5.32 Å². The Kier molecular flexibility index (Phi) is 5.63. The van der Waals surface area contributed by atoms with E-state index in [9.17, 15) is 30.8 Å². The molecule has 1 amide bonds. The highest BCUT2D eigenvalue weighted by Crippen LogP contribution is 2.34. The lowest BCUT2D eigenvalue weighted by molar-refractivity contribution is -0.131. The summed E-state index contributed by atoms with van der Waals surface area (Å²) in [4.78, 5) is 12.2. The van der Waals surface area contributed by atoms with Crippen molar-refractivity contribution in [1.82, 2.24) is 10.6 Å². The molecule has 2 aliphatic rings. The van der Waals surface area contributed by atoms with Gasteiger partial charge in [0.15, 0.2) is 9.84 Å². The minimum atomic E-state index is -4.40. The third kappa shape index (κ3) is 5.81. The van der Waals surface area contributed by atoms with Gasteiger partial charge >= 0.3 is 12.3 Å². The van der Waals surface area contributed by atoms with Gasteiger partial charge in [0.1, 0.15) is 11.6 Å². The van der Waals surface area contributed by atoms with E-state index in [0.29, 0.717) is 12.8 Å². The van der Waals surface area contributed by atoms with Gasteiger partial charge in [0, 0.05) is 0 Å². The Morgan fingerprint density at radius 2 is 1.92 bits per heavy atom. The molecule has 2 aliphatic carbocycles. The van der Waals surface area contributed by atoms with Crippen LogP contribution in [0.2, 0.25) is 0 Å². The topological polar surface area (TPSA) is 99.1 Å². The summed E-state index contributed by atoms with van der Waals surface area (Å²) in [7, 11) is -3.73. The summed E-state index contributed by atoms with van der Waals surface area (Å²) in [5, 5.41) is 13.2. The number of carbonyl (C=O) groups excluding carboxylic acids is 1. The second kappa shape index (κ2) is 7.07. The molecule has 6 nitrogen and oxygen atoms in total. The summed E-state index contributed by atoms with van der Waals surface area (Å²) in [5.41, 5.74) is -1.12. The van der Waals surface area contributed by atoms with Gasteiger partial charge in [-0.1, -0.05) is 0 Å². The lowest BCUT2D eigenvalue weighted by atomic mass is 10.2. The van der Waals surface area contributed by atoms with Gasteiger partial charge in [0.25, 0.3) is 0 Å². The van der Waals surface area contributed by atoms with E-state index in [-0.39, 0.29) is 11.7 Å². The molecule has 142 valence electrons. The van der Waals surface area contributed by atoms with Crippen LogP contribution in [0.25, 0.3) is 0 Å². The first-order valence-electron chi connectivity index (χ1n) is 7.82. The van der Waals surface area contributed by atoms with E-state index in [2.05, 4.69) is 5.32 Å². The van der Waals surface area contributed by atoms with Crippen LogP contribution in [0.15, 0.2) is 0 Å². The molecule has 0 unspecified atom stereocenters. The van der Waals surface area contributed by atoms with E-state index in [4.69, 9.17) is 5.26 Å². The van der Waals surface area contributed by atoms with Gasteiger partial charge in [-0.3, -0.25) is 10.1 Å². The van der Waals surface area contributed by atoms with Crippen LogP contribution in [-0.2, 0) is 14.6 Å². The van der Waals surface area contributed by atoms with Gasteiger partial charge in [-0.15, -0.1) is 0 Å². The molecular formula is C14H19F4N3O3S. The quantitative estimate of drug-likeness (QED) is 0.543. The molecule has 2 saturated carbocycles. The van der Waals surface area contributed by atoms with Crippen LogP contribution >= 0.6 is 0 Å². The average Bonchev–Trinajstić information content (AvgIpc) is 3.41. The van der Waals surface area contributed by atoms with Gasteiger partial charge in [0.2, 0.25) is 5.91 Å². The minimum absolute atomic E-state index is 0.00917. The van der Waals surface area contributed by atoms with Crippen LogP contribution in [-0.4, -0.2) is 56.3 Å². The number of hydrogen-bond acceptors (Lipinski definition) is 5. The van der Waals surface area contributed by atoms with Gasteiger partial charge in [-0.2, -0.15) is 14.0 Å². The van der Waals surface area contributed by atoms with E-state index in [1.54, 1.807) is 0 Å². The van der Waals surface area contributed by atoms with E-state index in [1.807, 2.05) is 11.4 Å². The lowest BCUT2D eigenvalue weighted by Gasteiger charge is -2.23. The molecule has 2 fully saturated rings. The molecule has 0 heterocycles. The van der Waals surface area contributed by atoms with Crippen molar-refractivity contribution in [2.24, 2.45) is 5.92 Å². The highest BCUT2D eigenvalue weighted by molar-refractivity contribution is 7.91. The first-order valence-corrected chi connectivity index (χ1v) is 9.64. The number of amides is 1. The van der Waals surface area contributed by atoms with Gasteiger partial charge in [0.05, 0.1) is 24.1 Å². The van der Waals surface area contributed by atoms with Crippen LogP contribution in [0.1, 0.15) is 25.7 Å². The first kappa shape index (κ1) is 19.9. The summed E-state index contributed by atoms with van der Waals surface area (Å²) in [6, 6.07) is 0.231. The number of nitrogens with one attached hydrogen (secondary N) is 2. The number of nitriles is 1. The zero-order chi connectivity index (χ0) is 18.9. The zero-order valence-corrected chi connectivity index (χ0v) is 14.1. The summed E-state index contributed by atoms with van der Waals surface area (Å²) in [5.74, 6) is -6.32. The van der Waals surface area contributed by atoms with Gasteiger partial charge in [-0.25, -0.2) is 17.2 Å². The molecule has 0 spiro atoms. The molecule has 11 heteroatoms. The molecule has 2 rings (SSSR count). The lowest BCUT2D eigenvalue weighted by Crippen LogP contribution is -2.54. The molecule has 0 bridgehead atoms. The molecule has 0 aromatic carbocycles. The molecular weight excluding hydrogens is 366 g/mol. The largest absolute Gasteiger partial charge is 0.336 e. The fourth-order valence-corrected chi connectivity index (χ4v) is 4.21. The number of alkyl halides is 4. The summed E-state index contributed by atoms with van der Waals surface area (Å²) < 4.78 is 74.9. The van der Waals surface area contributed by atoms with Crippen molar-refractivity contribution in [3.8, 4) is 6.07 Å². The third-order valence-electron chi connectivity index (χ3n) is 4.15. The van der Waals surface area contributed by atoms with Crippen molar-refractivity contribution >= 4 is 15.7 Å². The summed E-state index contributed by atoms with van der Waals surface area (Å²) in [6.45, 7) is -1.54.